The van der Waals surface area contributed by atoms with Crippen LogP contribution in [0, 0.1) is 11.7 Å². The van der Waals surface area contributed by atoms with Gasteiger partial charge >= 0.3 is 6.03 Å². The Bertz CT molecular complexity index is 567. The highest BCUT2D eigenvalue weighted by Crippen LogP contribution is 2.28. The van der Waals surface area contributed by atoms with Crippen LogP contribution < -0.4 is 5.32 Å². The van der Waals surface area contributed by atoms with Crippen LogP contribution in [0.25, 0.3) is 5.57 Å². The van der Waals surface area contributed by atoms with E-state index in [-0.39, 0.29) is 11.8 Å². The standard InChI is InChI=1S/C18H23FN2O2/c19-17-5-3-15(4-6-17)16-7-10-21(11-8-16)18(22)20-9-12-23-13-14-1-2-14/h3-7,14H,1-2,8-13H2,(H,20,22). The highest BCUT2D eigenvalue weighted by molar-refractivity contribution is 5.76. The Hall–Kier alpha value is -1.88. The van der Waals surface area contributed by atoms with Crippen LogP contribution in [0.4, 0.5) is 9.18 Å². The molecular weight excluding hydrogens is 295 g/mol. The minimum atomic E-state index is -0.227. The van der Waals surface area contributed by atoms with Crippen molar-refractivity contribution in [2.45, 2.75) is 19.3 Å². The zero-order valence-electron chi connectivity index (χ0n) is 13.3. The Morgan fingerprint density at radius 3 is 2.74 bits per heavy atom. The molecule has 0 atom stereocenters. The predicted octanol–water partition coefficient (Wildman–Crippen LogP) is 3.05. The zero-order valence-corrected chi connectivity index (χ0v) is 13.3. The van der Waals surface area contributed by atoms with Crippen molar-refractivity contribution in [2.24, 2.45) is 5.92 Å². The van der Waals surface area contributed by atoms with Crippen LogP contribution in [0.2, 0.25) is 0 Å². The Morgan fingerprint density at radius 1 is 1.30 bits per heavy atom. The van der Waals surface area contributed by atoms with E-state index in [2.05, 4.69) is 5.32 Å². The van der Waals surface area contributed by atoms with Crippen LogP contribution >= 0.6 is 0 Å². The minimum absolute atomic E-state index is 0.0468. The molecule has 0 bridgehead atoms. The first kappa shape index (κ1) is 16.0. The van der Waals surface area contributed by atoms with E-state index in [1.54, 1.807) is 17.0 Å². The topological polar surface area (TPSA) is 41.6 Å². The maximum atomic E-state index is 13.0. The lowest BCUT2D eigenvalue weighted by Crippen LogP contribution is -2.43. The third-order valence-corrected chi connectivity index (χ3v) is 4.28. The molecule has 1 saturated carbocycles. The molecule has 3 rings (SSSR count). The fourth-order valence-electron chi connectivity index (χ4n) is 2.66. The van der Waals surface area contributed by atoms with E-state index in [4.69, 9.17) is 4.74 Å². The maximum Gasteiger partial charge on any atom is 0.317 e. The molecule has 1 aromatic carbocycles. The van der Waals surface area contributed by atoms with E-state index in [9.17, 15) is 9.18 Å². The van der Waals surface area contributed by atoms with Gasteiger partial charge in [0, 0.05) is 26.2 Å². The summed E-state index contributed by atoms with van der Waals surface area (Å²) in [6, 6.07) is 6.46. The summed E-state index contributed by atoms with van der Waals surface area (Å²) in [5.41, 5.74) is 2.20. The van der Waals surface area contributed by atoms with Gasteiger partial charge in [0.05, 0.1) is 6.61 Å². The molecule has 1 aliphatic heterocycles. The number of hydrogen-bond acceptors (Lipinski definition) is 2. The molecule has 1 N–H and O–H groups in total. The molecule has 2 aliphatic rings. The van der Waals surface area contributed by atoms with Crippen molar-refractivity contribution in [3.05, 3.63) is 41.7 Å². The van der Waals surface area contributed by atoms with Gasteiger partial charge in [-0.3, -0.25) is 0 Å². The summed E-state index contributed by atoms with van der Waals surface area (Å²) < 4.78 is 18.5. The van der Waals surface area contributed by atoms with Gasteiger partial charge in [0.25, 0.3) is 0 Å². The first-order chi connectivity index (χ1) is 11.2. The quantitative estimate of drug-likeness (QED) is 0.819. The Kier molecular flexibility index (Phi) is 5.28. The minimum Gasteiger partial charge on any atom is -0.379 e. The largest absolute Gasteiger partial charge is 0.379 e. The molecule has 0 radical (unpaired) electrons. The second-order valence-corrected chi connectivity index (χ2v) is 6.18. The van der Waals surface area contributed by atoms with Crippen LogP contribution in [0.15, 0.2) is 30.3 Å². The zero-order chi connectivity index (χ0) is 16.1. The molecule has 23 heavy (non-hydrogen) atoms. The van der Waals surface area contributed by atoms with Crippen molar-refractivity contribution in [3.8, 4) is 0 Å². The number of halogens is 1. The molecule has 0 unspecified atom stereocenters. The lowest BCUT2D eigenvalue weighted by Gasteiger charge is -2.27. The van der Waals surface area contributed by atoms with E-state index >= 15 is 0 Å². The lowest BCUT2D eigenvalue weighted by molar-refractivity contribution is 0.125. The van der Waals surface area contributed by atoms with E-state index in [1.165, 1.54) is 30.5 Å². The van der Waals surface area contributed by atoms with Gasteiger partial charge in [-0.2, -0.15) is 0 Å². The number of benzene rings is 1. The van der Waals surface area contributed by atoms with Crippen molar-refractivity contribution in [1.29, 1.82) is 0 Å². The van der Waals surface area contributed by atoms with Crippen LogP contribution in [-0.4, -0.2) is 43.8 Å². The average Bonchev–Trinajstić information content (AvgIpc) is 3.39. The summed E-state index contributed by atoms with van der Waals surface area (Å²) in [6.45, 7) is 3.21. The van der Waals surface area contributed by atoms with Gasteiger partial charge in [0.2, 0.25) is 0 Å². The molecule has 124 valence electrons. The van der Waals surface area contributed by atoms with Crippen molar-refractivity contribution in [1.82, 2.24) is 10.2 Å². The van der Waals surface area contributed by atoms with Crippen LogP contribution in [-0.2, 0) is 4.74 Å². The van der Waals surface area contributed by atoms with E-state index in [0.717, 1.165) is 24.5 Å². The number of amides is 2. The summed E-state index contributed by atoms with van der Waals surface area (Å²) in [4.78, 5) is 13.9. The number of urea groups is 1. The first-order valence-corrected chi connectivity index (χ1v) is 8.28. The number of hydrogen-bond donors (Lipinski definition) is 1. The lowest BCUT2D eigenvalue weighted by atomic mass is 10.00. The van der Waals surface area contributed by atoms with Crippen molar-refractivity contribution in [3.63, 3.8) is 0 Å². The summed E-state index contributed by atoms with van der Waals surface area (Å²) in [7, 11) is 0. The fourth-order valence-corrected chi connectivity index (χ4v) is 2.66. The smallest absolute Gasteiger partial charge is 0.317 e. The summed E-state index contributed by atoms with van der Waals surface area (Å²) in [5, 5.41) is 2.89. The Morgan fingerprint density at radius 2 is 2.09 bits per heavy atom. The van der Waals surface area contributed by atoms with Gasteiger partial charge in [-0.15, -0.1) is 0 Å². The molecule has 1 aromatic rings. The normalized spacial score (nSPS) is 17.8. The SMILES string of the molecule is O=C(NCCOCC1CC1)N1CC=C(c2ccc(F)cc2)CC1. The van der Waals surface area contributed by atoms with Gasteiger partial charge in [0.15, 0.2) is 0 Å². The molecule has 0 aromatic heterocycles. The molecule has 0 spiro atoms. The van der Waals surface area contributed by atoms with Crippen LogP contribution in [0.5, 0.6) is 0 Å². The molecule has 1 heterocycles. The monoisotopic (exact) mass is 318 g/mol. The van der Waals surface area contributed by atoms with Gasteiger partial charge < -0.3 is 15.0 Å². The average molecular weight is 318 g/mol. The molecular formula is C18H23FN2O2. The number of carbonyl (C=O) groups is 1. The third-order valence-electron chi connectivity index (χ3n) is 4.28. The van der Waals surface area contributed by atoms with E-state index in [0.29, 0.717) is 26.2 Å². The first-order valence-electron chi connectivity index (χ1n) is 8.28. The molecule has 0 saturated heterocycles. The number of rotatable bonds is 6. The van der Waals surface area contributed by atoms with Crippen molar-refractivity contribution < 1.29 is 13.9 Å². The second kappa shape index (κ2) is 7.59. The van der Waals surface area contributed by atoms with Gasteiger partial charge in [-0.05, 0) is 48.4 Å². The number of nitrogens with zero attached hydrogens (tertiary/aromatic N) is 1. The molecule has 1 fully saturated rings. The van der Waals surface area contributed by atoms with Crippen molar-refractivity contribution >= 4 is 11.6 Å². The predicted molar refractivity (Wildman–Crippen MR) is 87.5 cm³/mol. The number of ether oxygens (including phenoxy) is 1. The van der Waals surface area contributed by atoms with Gasteiger partial charge in [-0.1, -0.05) is 18.2 Å². The molecule has 5 heteroatoms. The number of carbonyl (C=O) groups excluding carboxylic acids is 1. The van der Waals surface area contributed by atoms with Gasteiger partial charge in [0.1, 0.15) is 5.82 Å². The summed E-state index contributed by atoms with van der Waals surface area (Å²) in [5.74, 6) is 0.526. The molecule has 2 amide bonds. The second-order valence-electron chi connectivity index (χ2n) is 6.18. The van der Waals surface area contributed by atoms with Crippen LogP contribution in [0.1, 0.15) is 24.8 Å². The van der Waals surface area contributed by atoms with Crippen LogP contribution in [0.3, 0.4) is 0 Å². The Balaban J connectivity index is 1.40. The molecule has 1 aliphatic carbocycles. The maximum absolute atomic E-state index is 13.0. The summed E-state index contributed by atoms with van der Waals surface area (Å²) >= 11 is 0. The van der Waals surface area contributed by atoms with E-state index in [1.807, 2.05) is 6.08 Å². The summed E-state index contributed by atoms with van der Waals surface area (Å²) in [6.07, 6.45) is 5.39. The Labute approximate surface area is 136 Å². The van der Waals surface area contributed by atoms with E-state index < -0.39 is 0 Å². The van der Waals surface area contributed by atoms with Gasteiger partial charge in [-0.25, -0.2) is 9.18 Å². The molecule has 4 nitrogen and oxygen atoms in total. The van der Waals surface area contributed by atoms with Crippen molar-refractivity contribution in [2.75, 3.05) is 32.8 Å². The third kappa shape index (κ3) is 4.79. The fraction of sp³-hybridized carbons (Fsp3) is 0.500. The highest BCUT2D eigenvalue weighted by atomic mass is 19.1. The highest BCUT2D eigenvalue weighted by Gasteiger charge is 2.21. The number of nitrogens with one attached hydrogen (secondary N) is 1.